The number of benzene rings is 2. The van der Waals surface area contributed by atoms with Crippen LogP contribution in [0.3, 0.4) is 0 Å². The Labute approximate surface area is 203 Å². The Morgan fingerprint density at radius 1 is 0.971 bits per heavy atom. The lowest BCUT2D eigenvalue weighted by molar-refractivity contribution is -0.136. The molecule has 1 aliphatic carbocycles. The number of carbonyl (C=O) groups excluding carboxylic acids is 1. The Morgan fingerprint density at radius 2 is 1.59 bits per heavy atom. The Bertz CT molecular complexity index is 924. The number of hydrogen-bond acceptors (Lipinski definition) is 4. The molecule has 0 aromatic heterocycles. The third-order valence-electron chi connectivity index (χ3n) is 6.71. The van der Waals surface area contributed by atoms with E-state index in [4.69, 9.17) is 9.84 Å². The minimum absolute atomic E-state index is 0.0378. The number of amides is 1. The van der Waals surface area contributed by atoms with E-state index in [0.29, 0.717) is 30.8 Å². The van der Waals surface area contributed by atoms with Crippen LogP contribution in [0.4, 0.5) is 5.69 Å². The lowest BCUT2D eigenvalue weighted by Crippen LogP contribution is -2.37. The van der Waals surface area contributed by atoms with Crippen molar-refractivity contribution in [3.63, 3.8) is 0 Å². The fraction of sp³-hybridized carbons (Fsp3) is 0.500. The lowest BCUT2D eigenvalue weighted by atomic mass is 9.75. The molecule has 6 heteroatoms. The van der Waals surface area contributed by atoms with E-state index in [9.17, 15) is 9.59 Å². The lowest BCUT2D eigenvalue weighted by Gasteiger charge is -2.37. The standard InChI is InChI=1S/C28H38N2O4/c1-19(2)25-13-4-20(3)14-26(25)34-18-27(31)30-17-23-9-11-24(12-10-23)29-16-22-7-5-21(6-8-22)15-28(32)33/h5-12,19-20,25-26,29H,4,13-18H2,1-3H3,(H,30,31)(H,32,33). The third kappa shape index (κ3) is 8.17. The fourth-order valence-corrected chi connectivity index (χ4v) is 4.63. The minimum atomic E-state index is -0.826. The van der Waals surface area contributed by atoms with Crippen molar-refractivity contribution in [2.45, 2.75) is 65.6 Å². The van der Waals surface area contributed by atoms with Gasteiger partial charge in [-0.05, 0) is 59.4 Å². The van der Waals surface area contributed by atoms with Crippen LogP contribution in [0.2, 0.25) is 0 Å². The molecule has 3 atom stereocenters. The van der Waals surface area contributed by atoms with Gasteiger partial charge in [0.05, 0.1) is 12.5 Å². The van der Waals surface area contributed by atoms with Crippen molar-refractivity contribution in [3.05, 3.63) is 65.2 Å². The van der Waals surface area contributed by atoms with Gasteiger partial charge in [0.15, 0.2) is 0 Å². The Balaban J connectivity index is 1.39. The maximum atomic E-state index is 12.3. The molecular formula is C28H38N2O4. The van der Waals surface area contributed by atoms with Gasteiger partial charge in [0, 0.05) is 18.8 Å². The summed E-state index contributed by atoms with van der Waals surface area (Å²) in [7, 11) is 0. The van der Waals surface area contributed by atoms with Crippen LogP contribution in [0.25, 0.3) is 0 Å². The average Bonchev–Trinajstić information content (AvgIpc) is 2.81. The van der Waals surface area contributed by atoms with Gasteiger partial charge in [-0.15, -0.1) is 0 Å². The van der Waals surface area contributed by atoms with Crippen LogP contribution in [0, 0.1) is 17.8 Å². The number of rotatable bonds is 11. The van der Waals surface area contributed by atoms with Gasteiger partial charge in [-0.25, -0.2) is 0 Å². The molecule has 1 fully saturated rings. The molecule has 184 valence electrons. The van der Waals surface area contributed by atoms with Crippen molar-refractivity contribution in [2.75, 3.05) is 11.9 Å². The first-order valence-electron chi connectivity index (χ1n) is 12.3. The van der Waals surface area contributed by atoms with Crippen LogP contribution in [-0.2, 0) is 33.8 Å². The van der Waals surface area contributed by atoms with Gasteiger partial charge >= 0.3 is 5.97 Å². The first kappa shape index (κ1) is 25.8. The van der Waals surface area contributed by atoms with Gasteiger partial charge in [-0.3, -0.25) is 9.59 Å². The number of ether oxygens (including phenoxy) is 1. The fourth-order valence-electron chi connectivity index (χ4n) is 4.63. The molecule has 2 aromatic rings. The van der Waals surface area contributed by atoms with Gasteiger partial charge < -0.3 is 20.5 Å². The molecule has 1 saturated carbocycles. The number of anilines is 1. The molecule has 0 heterocycles. The van der Waals surface area contributed by atoms with E-state index in [-0.39, 0.29) is 25.0 Å². The van der Waals surface area contributed by atoms with E-state index >= 15 is 0 Å². The molecule has 3 rings (SSSR count). The van der Waals surface area contributed by atoms with E-state index in [2.05, 4.69) is 31.4 Å². The maximum Gasteiger partial charge on any atom is 0.307 e. The van der Waals surface area contributed by atoms with Gasteiger partial charge in [-0.2, -0.15) is 0 Å². The van der Waals surface area contributed by atoms with E-state index < -0.39 is 5.97 Å². The van der Waals surface area contributed by atoms with Gasteiger partial charge in [-0.1, -0.05) is 63.6 Å². The molecule has 1 amide bonds. The summed E-state index contributed by atoms with van der Waals surface area (Å²) in [6.45, 7) is 8.00. The van der Waals surface area contributed by atoms with Crippen LogP contribution in [0.15, 0.2) is 48.5 Å². The van der Waals surface area contributed by atoms with Gasteiger partial charge in [0.1, 0.15) is 6.61 Å². The molecule has 0 saturated heterocycles. The number of hydrogen-bond donors (Lipinski definition) is 3. The SMILES string of the molecule is CC1CCC(C(C)C)C(OCC(=O)NCc2ccc(NCc3ccc(CC(=O)O)cc3)cc2)C1. The molecule has 3 unspecified atom stereocenters. The second kappa shape index (κ2) is 12.6. The molecule has 0 aliphatic heterocycles. The molecule has 0 spiro atoms. The average molecular weight is 467 g/mol. The zero-order chi connectivity index (χ0) is 24.5. The first-order chi connectivity index (χ1) is 16.3. The summed E-state index contributed by atoms with van der Waals surface area (Å²) < 4.78 is 6.05. The van der Waals surface area contributed by atoms with Crippen LogP contribution < -0.4 is 10.6 Å². The number of nitrogens with one attached hydrogen (secondary N) is 2. The number of aliphatic carboxylic acids is 1. The molecule has 0 radical (unpaired) electrons. The highest BCUT2D eigenvalue weighted by Crippen LogP contribution is 2.35. The van der Waals surface area contributed by atoms with Crippen molar-refractivity contribution in [2.24, 2.45) is 17.8 Å². The first-order valence-corrected chi connectivity index (χ1v) is 12.3. The maximum absolute atomic E-state index is 12.3. The van der Waals surface area contributed by atoms with Crippen LogP contribution in [0.1, 0.15) is 56.7 Å². The molecule has 34 heavy (non-hydrogen) atoms. The normalized spacial score (nSPS) is 20.2. The highest BCUT2D eigenvalue weighted by atomic mass is 16.5. The second-order valence-electron chi connectivity index (χ2n) is 9.89. The zero-order valence-electron chi connectivity index (χ0n) is 20.5. The van der Waals surface area contributed by atoms with Crippen LogP contribution in [-0.4, -0.2) is 29.7 Å². The van der Waals surface area contributed by atoms with Crippen molar-refractivity contribution < 1.29 is 19.4 Å². The highest BCUT2D eigenvalue weighted by Gasteiger charge is 2.31. The molecule has 3 N–H and O–H groups in total. The van der Waals surface area contributed by atoms with E-state index in [1.807, 2.05) is 48.5 Å². The van der Waals surface area contributed by atoms with Crippen LogP contribution in [0.5, 0.6) is 0 Å². The quantitative estimate of drug-likeness (QED) is 0.433. The van der Waals surface area contributed by atoms with E-state index in [1.54, 1.807) is 0 Å². The number of carbonyl (C=O) groups is 2. The minimum Gasteiger partial charge on any atom is -0.481 e. The van der Waals surface area contributed by atoms with Gasteiger partial charge in [0.25, 0.3) is 0 Å². The molecule has 2 aromatic carbocycles. The summed E-state index contributed by atoms with van der Waals surface area (Å²) in [6.07, 6.45) is 3.68. The Morgan fingerprint density at radius 3 is 2.24 bits per heavy atom. The third-order valence-corrected chi connectivity index (χ3v) is 6.71. The molecule has 1 aliphatic rings. The van der Waals surface area contributed by atoms with Crippen molar-refractivity contribution >= 4 is 17.6 Å². The van der Waals surface area contributed by atoms with Crippen LogP contribution >= 0.6 is 0 Å². The molecule has 6 nitrogen and oxygen atoms in total. The largest absolute Gasteiger partial charge is 0.481 e. The summed E-state index contributed by atoms with van der Waals surface area (Å²) in [6, 6.07) is 15.6. The van der Waals surface area contributed by atoms with Gasteiger partial charge in [0.2, 0.25) is 5.91 Å². The van der Waals surface area contributed by atoms with Crippen molar-refractivity contribution in [1.29, 1.82) is 0 Å². The highest BCUT2D eigenvalue weighted by molar-refractivity contribution is 5.77. The topological polar surface area (TPSA) is 87.7 Å². The summed E-state index contributed by atoms with van der Waals surface area (Å²) in [5.41, 5.74) is 3.89. The monoisotopic (exact) mass is 466 g/mol. The predicted octanol–water partition coefficient (Wildman–Crippen LogP) is 5.02. The number of carboxylic acids is 1. The van der Waals surface area contributed by atoms with E-state index in [0.717, 1.165) is 28.8 Å². The summed E-state index contributed by atoms with van der Waals surface area (Å²) >= 11 is 0. The predicted molar refractivity (Wildman–Crippen MR) is 134 cm³/mol. The summed E-state index contributed by atoms with van der Waals surface area (Å²) in [4.78, 5) is 23.1. The van der Waals surface area contributed by atoms with Crippen molar-refractivity contribution in [3.8, 4) is 0 Å². The smallest absolute Gasteiger partial charge is 0.307 e. The summed E-state index contributed by atoms with van der Waals surface area (Å²) in [5, 5.41) is 15.2. The van der Waals surface area contributed by atoms with E-state index in [1.165, 1.54) is 12.8 Å². The van der Waals surface area contributed by atoms with Crippen molar-refractivity contribution in [1.82, 2.24) is 5.32 Å². The Hall–Kier alpha value is -2.86. The zero-order valence-corrected chi connectivity index (χ0v) is 20.5. The number of carboxylic acid groups (broad SMARTS) is 1. The Kier molecular flexibility index (Phi) is 9.52. The second-order valence-corrected chi connectivity index (χ2v) is 9.89. The molecular weight excluding hydrogens is 428 g/mol. The molecule has 0 bridgehead atoms. The summed E-state index contributed by atoms with van der Waals surface area (Å²) in [5.74, 6) is 0.866.